The van der Waals surface area contributed by atoms with E-state index in [-0.39, 0.29) is 6.04 Å². The lowest BCUT2D eigenvalue weighted by molar-refractivity contribution is 0.690. The molecule has 0 fully saturated rings. The summed E-state index contributed by atoms with van der Waals surface area (Å²) in [7, 11) is 0. The van der Waals surface area contributed by atoms with E-state index in [2.05, 4.69) is 36.9 Å². The highest BCUT2D eigenvalue weighted by atomic mass is 15.1. The molecule has 2 N–H and O–H groups in total. The molecule has 0 aliphatic carbocycles. The SMILES string of the molecule is CC[C@H](N)c1ccccc1N(CC)CCC#N. The van der Waals surface area contributed by atoms with Gasteiger partial charge in [0.15, 0.2) is 0 Å². The van der Waals surface area contributed by atoms with Crippen LogP contribution in [0.4, 0.5) is 5.69 Å². The molecule has 0 spiro atoms. The van der Waals surface area contributed by atoms with Crippen molar-refractivity contribution in [1.82, 2.24) is 0 Å². The number of nitrogens with two attached hydrogens (primary N) is 1. The minimum atomic E-state index is 0.0716. The van der Waals surface area contributed by atoms with Crippen LogP contribution in [0.3, 0.4) is 0 Å². The summed E-state index contributed by atoms with van der Waals surface area (Å²) in [5.41, 5.74) is 8.47. The fraction of sp³-hybridized carbons (Fsp3) is 0.500. The molecule has 0 aliphatic heterocycles. The Morgan fingerprint density at radius 2 is 2.06 bits per heavy atom. The number of hydrogen-bond donors (Lipinski definition) is 1. The highest BCUT2D eigenvalue weighted by Gasteiger charge is 2.13. The third-order valence-electron chi connectivity index (χ3n) is 2.99. The molecule has 17 heavy (non-hydrogen) atoms. The molecular formula is C14H21N3. The van der Waals surface area contributed by atoms with Gasteiger partial charge in [-0.05, 0) is 25.0 Å². The van der Waals surface area contributed by atoms with E-state index < -0.39 is 0 Å². The van der Waals surface area contributed by atoms with Gasteiger partial charge in [-0.1, -0.05) is 25.1 Å². The normalized spacial score (nSPS) is 11.9. The first-order valence-electron chi connectivity index (χ1n) is 6.21. The van der Waals surface area contributed by atoms with Gasteiger partial charge in [-0.2, -0.15) is 5.26 Å². The van der Waals surface area contributed by atoms with Gasteiger partial charge < -0.3 is 10.6 Å². The van der Waals surface area contributed by atoms with Crippen LogP contribution in [0.25, 0.3) is 0 Å². The molecule has 3 nitrogen and oxygen atoms in total. The molecular weight excluding hydrogens is 210 g/mol. The Bertz CT molecular complexity index is 381. The lowest BCUT2D eigenvalue weighted by Crippen LogP contribution is -2.26. The van der Waals surface area contributed by atoms with Crippen molar-refractivity contribution in [2.24, 2.45) is 5.73 Å². The molecule has 1 rings (SSSR count). The molecule has 92 valence electrons. The number of benzene rings is 1. The van der Waals surface area contributed by atoms with Gasteiger partial charge in [0.25, 0.3) is 0 Å². The maximum atomic E-state index is 8.68. The topological polar surface area (TPSA) is 53.0 Å². The summed E-state index contributed by atoms with van der Waals surface area (Å²) in [5.74, 6) is 0. The van der Waals surface area contributed by atoms with E-state index in [0.717, 1.165) is 19.5 Å². The van der Waals surface area contributed by atoms with Crippen LogP contribution < -0.4 is 10.6 Å². The van der Waals surface area contributed by atoms with E-state index in [1.807, 2.05) is 12.1 Å². The summed E-state index contributed by atoms with van der Waals surface area (Å²) in [5, 5.41) is 8.68. The first-order valence-corrected chi connectivity index (χ1v) is 6.21. The summed E-state index contributed by atoms with van der Waals surface area (Å²) in [6.07, 6.45) is 1.47. The minimum Gasteiger partial charge on any atom is -0.371 e. The maximum absolute atomic E-state index is 8.68. The van der Waals surface area contributed by atoms with Crippen LogP contribution in [-0.2, 0) is 0 Å². The Kier molecular flexibility index (Phi) is 5.51. The first kappa shape index (κ1) is 13.5. The lowest BCUT2D eigenvalue weighted by Gasteiger charge is -2.26. The standard InChI is InChI=1S/C14H21N3/c1-3-13(16)12-8-5-6-9-14(12)17(4-2)11-7-10-15/h5-6,8-9,13H,3-4,7,11,16H2,1-2H3/t13-/m0/s1. The fourth-order valence-electron chi connectivity index (χ4n) is 1.94. The van der Waals surface area contributed by atoms with Crippen molar-refractivity contribution in [3.05, 3.63) is 29.8 Å². The number of nitriles is 1. The van der Waals surface area contributed by atoms with Crippen molar-refractivity contribution in [1.29, 1.82) is 5.26 Å². The van der Waals surface area contributed by atoms with Crippen molar-refractivity contribution < 1.29 is 0 Å². The molecule has 1 aromatic rings. The Morgan fingerprint density at radius 1 is 1.35 bits per heavy atom. The van der Waals surface area contributed by atoms with Gasteiger partial charge in [0.2, 0.25) is 0 Å². The predicted molar refractivity (Wildman–Crippen MR) is 71.8 cm³/mol. The fourth-order valence-corrected chi connectivity index (χ4v) is 1.94. The number of para-hydroxylation sites is 1. The smallest absolute Gasteiger partial charge is 0.0640 e. The molecule has 0 radical (unpaired) electrons. The first-order chi connectivity index (χ1) is 8.24. The van der Waals surface area contributed by atoms with Crippen molar-refractivity contribution in [2.75, 3.05) is 18.0 Å². The monoisotopic (exact) mass is 231 g/mol. The second-order valence-corrected chi connectivity index (χ2v) is 4.06. The van der Waals surface area contributed by atoms with Crippen molar-refractivity contribution >= 4 is 5.69 Å². The molecule has 1 aromatic carbocycles. The quantitative estimate of drug-likeness (QED) is 0.819. The number of hydrogen-bond acceptors (Lipinski definition) is 3. The van der Waals surface area contributed by atoms with E-state index in [0.29, 0.717) is 6.42 Å². The third-order valence-corrected chi connectivity index (χ3v) is 2.99. The van der Waals surface area contributed by atoms with Gasteiger partial charge in [-0.25, -0.2) is 0 Å². The van der Waals surface area contributed by atoms with E-state index in [1.165, 1.54) is 11.3 Å². The predicted octanol–water partition coefficient (Wildman–Crippen LogP) is 2.84. The third kappa shape index (κ3) is 3.47. The Hall–Kier alpha value is -1.53. The van der Waals surface area contributed by atoms with Crippen molar-refractivity contribution in [2.45, 2.75) is 32.7 Å². The van der Waals surface area contributed by atoms with Crippen LogP contribution in [0.2, 0.25) is 0 Å². The summed E-state index contributed by atoms with van der Waals surface area (Å²) < 4.78 is 0. The van der Waals surface area contributed by atoms with Crippen LogP contribution in [0.15, 0.2) is 24.3 Å². The molecule has 0 unspecified atom stereocenters. The average Bonchev–Trinajstić information content (AvgIpc) is 2.39. The molecule has 1 atom stereocenters. The maximum Gasteiger partial charge on any atom is 0.0640 e. The number of nitrogens with zero attached hydrogens (tertiary/aromatic N) is 2. The van der Waals surface area contributed by atoms with Gasteiger partial charge in [0.1, 0.15) is 0 Å². The summed E-state index contributed by atoms with van der Waals surface area (Å²) in [6, 6.07) is 10.5. The zero-order chi connectivity index (χ0) is 12.7. The molecule has 3 heteroatoms. The molecule has 0 aliphatic rings. The Labute approximate surface area is 104 Å². The lowest BCUT2D eigenvalue weighted by atomic mass is 10.0. The van der Waals surface area contributed by atoms with E-state index >= 15 is 0 Å². The van der Waals surface area contributed by atoms with Gasteiger partial charge in [0, 0.05) is 24.8 Å². The minimum absolute atomic E-state index is 0.0716. The van der Waals surface area contributed by atoms with Crippen LogP contribution in [0.1, 0.15) is 38.3 Å². The Morgan fingerprint density at radius 3 is 2.65 bits per heavy atom. The van der Waals surface area contributed by atoms with Gasteiger partial charge >= 0.3 is 0 Å². The Balaban J connectivity index is 2.98. The summed E-state index contributed by atoms with van der Waals surface area (Å²) in [6.45, 7) is 5.86. The van der Waals surface area contributed by atoms with Gasteiger partial charge in [-0.3, -0.25) is 0 Å². The second-order valence-electron chi connectivity index (χ2n) is 4.06. The molecule has 0 saturated heterocycles. The summed E-state index contributed by atoms with van der Waals surface area (Å²) >= 11 is 0. The zero-order valence-electron chi connectivity index (χ0n) is 10.7. The molecule has 0 heterocycles. The van der Waals surface area contributed by atoms with Crippen LogP contribution >= 0.6 is 0 Å². The van der Waals surface area contributed by atoms with E-state index in [4.69, 9.17) is 11.0 Å². The van der Waals surface area contributed by atoms with E-state index in [9.17, 15) is 0 Å². The number of rotatable bonds is 6. The van der Waals surface area contributed by atoms with Gasteiger partial charge in [0.05, 0.1) is 12.5 Å². The van der Waals surface area contributed by atoms with Crippen LogP contribution in [-0.4, -0.2) is 13.1 Å². The van der Waals surface area contributed by atoms with Crippen molar-refractivity contribution in [3.63, 3.8) is 0 Å². The van der Waals surface area contributed by atoms with Gasteiger partial charge in [-0.15, -0.1) is 0 Å². The molecule has 0 aromatic heterocycles. The summed E-state index contributed by atoms with van der Waals surface area (Å²) in [4.78, 5) is 2.22. The molecule has 0 bridgehead atoms. The molecule has 0 amide bonds. The second kappa shape index (κ2) is 6.93. The van der Waals surface area contributed by atoms with Crippen LogP contribution in [0.5, 0.6) is 0 Å². The highest BCUT2D eigenvalue weighted by Crippen LogP contribution is 2.26. The molecule has 0 saturated carbocycles. The zero-order valence-corrected chi connectivity index (χ0v) is 10.7. The average molecular weight is 231 g/mol. The van der Waals surface area contributed by atoms with Crippen molar-refractivity contribution in [3.8, 4) is 6.07 Å². The largest absolute Gasteiger partial charge is 0.371 e. The van der Waals surface area contributed by atoms with E-state index in [1.54, 1.807) is 0 Å². The highest BCUT2D eigenvalue weighted by molar-refractivity contribution is 5.55. The van der Waals surface area contributed by atoms with Crippen LogP contribution in [0, 0.1) is 11.3 Å². The number of anilines is 1.